The number of alkyl halides is 3. The van der Waals surface area contributed by atoms with Crippen LogP contribution in [0.2, 0.25) is 0 Å². The first-order valence-electron chi connectivity index (χ1n) is 8.25. The highest BCUT2D eigenvalue weighted by Gasteiger charge is 2.29. The molecular weight excluding hydrogens is 369 g/mol. The molecule has 2 N–H and O–H groups in total. The quantitative estimate of drug-likeness (QED) is 0.758. The second-order valence-corrected chi connectivity index (χ2v) is 5.99. The molecule has 150 valence electrons. The van der Waals surface area contributed by atoms with Gasteiger partial charge in [0.15, 0.2) is 24.2 Å². The van der Waals surface area contributed by atoms with Crippen LogP contribution in [0.5, 0.6) is 11.5 Å². The van der Waals surface area contributed by atoms with Crippen molar-refractivity contribution in [2.24, 2.45) is 5.73 Å². The maximum Gasteiger partial charge on any atom is 0.422 e. The molecule has 1 saturated heterocycles. The summed E-state index contributed by atoms with van der Waals surface area (Å²) in [7, 11) is 1.32. The highest BCUT2D eigenvalue weighted by atomic mass is 19.4. The van der Waals surface area contributed by atoms with E-state index in [1.54, 1.807) is 6.07 Å². The van der Waals surface area contributed by atoms with E-state index in [9.17, 15) is 22.8 Å². The van der Waals surface area contributed by atoms with E-state index >= 15 is 0 Å². The van der Waals surface area contributed by atoms with Crippen molar-refractivity contribution >= 4 is 11.8 Å². The first-order valence-corrected chi connectivity index (χ1v) is 8.25. The minimum Gasteiger partial charge on any atom is -0.493 e. The van der Waals surface area contributed by atoms with Gasteiger partial charge >= 0.3 is 6.18 Å². The molecule has 10 heteroatoms. The molecule has 1 unspecified atom stereocenters. The molecule has 2 amide bonds. The second-order valence-electron chi connectivity index (χ2n) is 5.99. The molecule has 2 rings (SSSR count). The summed E-state index contributed by atoms with van der Waals surface area (Å²) in [5.41, 5.74) is 5.90. The second kappa shape index (κ2) is 8.94. The number of carbonyl (C=O) groups excluding carboxylic acids is 2. The van der Waals surface area contributed by atoms with E-state index in [4.69, 9.17) is 19.9 Å². The average Bonchev–Trinajstić information content (AvgIpc) is 2.64. The Morgan fingerprint density at radius 3 is 2.70 bits per heavy atom. The molecule has 1 aromatic rings. The van der Waals surface area contributed by atoms with Crippen LogP contribution in [0.1, 0.15) is 12.0 Å². The number of halogens is 3. The maximum absolute atomic E-state index is 12.3. The van der Waals surface area contributed by atoms with E-state index < -0.39 is 24.8 Å². The first kappa shape index (κ1) is 20.8. The third kappa shape index (κ3) is 6.31. The van der Waals surface area contributed by atoms with E-state index in [2.05, 4.69) is 0 Å². The van der Waals surface area contributed by atoms with E-state index in [-0.39, 0.29) is 37.0 Å². The van der Waals surface area contributed by atoms with Gasteiger partial charge in [-0.25, -0.2) is 0 Å². The lowest BCUT2D eigenvalue weighted by Crippen LogP contribution is -2.50. The van der Waals surface area contributed by atoms with Crippen LogP contribution < -0.4 is 15.2 Å². The zero-order valence-corrected chi connectivity index (χ0v) is 14.8. The molecule has 0 saturated carbocycles. The molecule has 1 aliphatic heterocycles. The Hall–Kier alpha value is -2.49. The van der Waals surface area contributed by atoms with Crippen molar-refractivity contribution in [3.8, 4) is 11.5 Å². The van der Waals surface area contributed by atoms with Crippen LogP contribution in [0.4, 0.5) is 13.2 Å². The van der Waals surface area contributed by atoms with Gasteiger partial charge < -0.3 is 24.8 Å². The third-order valence-electron chi connectivity index (χ3n) is 3.98. The van der Waals surface area contributed by atoms with Gasteiger partial charge in [0, 0.05) is 13.0 Å². The molecule has 27 heavy (non-hydrogen) atoms. The van der Waals surface area contributed by atoms with Crippen LogP contribution >= 0.6 is 0 Å². The molecule has 1 aromatic carbocycles. The Morgan fingerprint density at radius 1 is 1.33 bits per heavy atom. The molecule has 0 aliphatic carbocycles. The molecule has 1 heterocycles. The smallest absolute Gasteiger partial charge is 0.422 e. The van der Waals surface area contributed by atoms with Gasteiger partial charge in [-0.3, -0.25) is 9.59 Å². The van der Waals surface area contributed by atoms with Crippen molar-refractivity contribution in [2.75, 3.05) is 33.4 Å². The number of carbonyl (C=O) groups is 2. The number of amides is 2. The number of nitrogens with zero attached hydrogens (tertiary/aromatic N) is 1. The highest BCUT2D eigenvalue weighted by molar-refractivity contribution is 5.81. The van der Waals surface area contributed by atoms with Crippen LogP contribution in [0, 0.1) is 0 Å². The summed E-state index contributed by atoms with van der Waals surface area (Å²) < 4.78 is 51.8. The molecule has 7 nitrogen and oxygen atoms in total. The summed E-state index contributed by atoms with van der Waals surface area (Å²) in [5.74, 6) is -0.653. The minimum absolute atomic E-state index is 0.0256. The van der Waals surface area contributed by atoms with Gasteiger partial charge in [-0.2, -0.15) is 13.2 Å². The van der Waals surface area contributed by atoms with Crippen molar-refractivity contribution in [1.29, 1.82) is 0 Å². The zero-order chi connectivity index (χ0) is 20.0. The Morgan fingerprint density at radius 2 is 2.07 bits per heavy atom. The van der Waals surface area contributed by atoms with E-state index in [1.807, 2.05) is 0 Å². The number of nitrogens with two attached hydrogens (primary N) is 1. The first-order chi connectivity index (χ1) is 12.7. The van der Waals surface area contributed by atoms with Crippen LogP contribution in [0.25, 0.3) is 0 Å². The molecule has 1 fully saturated rings. The molecule has 0 spiro atoms. The van der Waals surface area contributed by atoms with Crippen molar-refractivity contribution in [3.63, 3.8) is 0 Å². The van der Waals surface area contributed by atoms with Gasteiger partial charge in [0.2, 0.25) is 11.8 Å². The van der Waals surface area contributed by atoms with E-state index in [0.717, 1.165) is 0 Å². The number of hydrogen-bond donors (Lipinski definition) is 1. The third-order valence-corrected chi connectivity index (χ3v) is 3.98. The summed E-state index contributed by atoms with van der Waals surface area (Å²) in [4.78, 5) is 25.0. The largest absolute Gasteiger partial charge is 0.493 e. The Kier molecular flexibility index (Phi) is 6.89. The number of primary amides is 1. The van der Waals surface area contributed by atoms with Crippen LogP contribution in [0.15, 0.2) is 18.2 Å². The van der Waals surface area contributed by atoms with E-state index in [0.29, 0.717) is 18.5 Å². The molecule has 1 aliphatic rings. The Balaban J connectivity index is 1.93. The number of morpholine rings is 1. The SMILES string of the molecule is COc1cc(CCC(=O)N2CCOC(C(N)=O)C2)ccc1OCC(F)(F)F. The lowest BCUT2D eigenvalue weighted by molar-refractivity contribution is -0.153. The van der Waals surface area contributed by atoms with Gasteiger partial charge in [0.05, 0.1) is 20.3 Å². The summed E-state index contributed by atoms with van der Waals surface area (Å²) in [6.45, 7) is -0.699. The standard InChI is InChI=1S/C17H21F3N2O5/c1-25-13-8-11(2-4-12(13)27-10-17(18,19)20)3-5-15(23)22-6-7-26-14(9-22)16(21)24/h2,4,8,14H,3,5-7,9-10H2,1H3,(H2,21,24). The van der Waals surface area contributed by atoms with Gasteiger partial charge in [-0.1, -0.05) is 6.07 Å². The van der Waals surface area contributed by atoms with Gasteiger partial charge in [-0.15, -0.1) is 0 Å². The fraction of sp³-hybridized carbons (Fsp3) is 0.529. The molecule has 1 atom stereocenters. The van der Waals surface area contributed by atoms with Gasteiger partial charge in [0.1, 0.15) is 0 Å². The lowest BCUT2D eigenvalue weighted by Gasteiger charge is -2.31. The van der Waals surface area contributed by atoms with Crippen LogP contribution in [-0.4, -0.2) is 62.4 Å². The number of rotatable bonds is 7. The normalized spacial score (nSPS) is 17.5. The molecule has 0 bridgehead atoms. The van der Waals surface area contributed by atoms with E-state index in [1.165, 1.54) is 24.1 Å². The minimum atomic E-state index is -4.45. The monoisotopic (exact) mass is 390 g/mol. The number of hydrogen-bond acceptors (Lipinski definition) is 5. The topological polar surface area (TPSA) is 91.1 Å². The predicted molar refractivity (Wildman–Crippen MR) is 88.4 cm³/mol. The summed E-state index contributed by atoms with van der Waals surface area (Å²) in [6.07, 6.45) is -4.74. The number of benzene rings is 1. The highest BCUT2D eigenvalue weighted by Crippen LogP contribution is 2.30. The van der Waals surface area contributed by atoms with Crippen LogP contribution in [0.3, 0.4) is 0 Å². The summed E-state index contributed by atoms with van der Waals surface area (Å²) in [6, 6.07) is 4.49. The van der Waals surface area contributed by atoms with Crippen molar-refractivity contribution in [1.82, 2.24) is 4.90 Å². The zero-order valence-electron chi connectivity index (χ0n) is 14.8. The fourth-order valence-electron chi connectivity index (χ4n) is 2.60. The lowest BCUT2D eigenvalue weighted by atomic mass is 10.1. The van der Waals surface area contributed by atoms with Crippen molar-refractivity contribution in [2.45, 2.75) is 25.1 Å². The van der Waals surface area contributed by atoms with Gasteiger partial charge in [-0.05, 0) is 24.1 Å². The Bertz CT molecular complexity index is 681. The fourth-order valence-corrected chi connectivity index (χ4v) is 2.60. The molecule has 0 aromatic heterocycles. The maximum atomic E-state index is 12.3. The van der Waals surface area contributed by atoms with Crippen molar-refractivity contribution in [3.05, 3.63) is 23.8 Å². The summed E-state index contributed by atoms with van der Waals surface area (Å²) >= 11 is 0. The average molecular weight is 390 g/mol. The predicted octanol–water partition coefficient (Wildman–Crippen LogP) is 1.28. The Labute approximate surface area is 154 Å². The number of aryl methyl sites for hydroxylation is 1. The van der Waals surface area contributed by atoms with Gasteiger partial charge in [0.25, 0.3) is 0 Å². The number of methoxy groups -OCH3 is 1. The van der Waals surface area contributed by atoms with Crippen LogP contribution in [-0.2, 0) is 20.7 Å². The number of ether oxygens (including phenoxy) is 3. The van der Waals surface area contributed by atoms with Crippen molar-refractivity contribution < 1.29 is 37.0 Å². The molecule has 0 radical (unpaired) electrons. The summed E-state index contributed by atoms with van der Waals surface area (Å²) in [5, 5.41) is 0. The molecular formula is C17H21F3N2O5.